The third-order valence-electron chi connectivity index (χ3n) is 2.79. The van der Waals surface area contributed by atoms with Gasteiger partial charge in [-0.1, -0.05) is 45.6 Å². The van der Waals surface area contributed by atoms with Gasteiger partial charge in [0.25, 0.3) is 10.0 Å². The topological polar surface area (TPSA) is 88.0 Å². The Morgan fingerprint density at radius 1 is 1.17 bits per heavy atom. The maximum absolute atomic E-state index is 12.1. The average Bonchev–Trinajstić information content (AvgIpc) is 2.53. The van der Waals surface area contributed by atoms with Crippen LogP contribution in [-0.4, -0.2) is 14.3 Å². The Kier molecular flexibility index (Phi) is 5.62. The van der Waals surface area contributed by atoms with Crippen molar-refractivity contribution >= 4 is 43.2 Å². The van der Waals surface area contributed by atoms with Crippen LogP contribution >= 0.6 is 15.9 Å². The summed E-state index contributed by atoms with van der Waals surface area (Å²) >= 11 is 3.29. The van der Waals surface area contributed by atoms with Gasteiger partial charge in [0.15, 0.2) is 0 Å². The van der Waals surface area contributed by atoms with E-state index in [0.29, 0.717) is 22.3 Å². The van der Waals surface area contributed by atoms with Crippen molar-refractivity contribution in [3.05, 3.63) is 53.0 Å². The Bertz CT molecular complexity index is 836. The third-order valence-corrected chi connectivity index (χ3v) is 4.41. The standard InChI is InChI=1S/C15H14BrN3O3S/c1-2-15(20)17-12-8-11(16)9-13(10-12)18-19-23(21,22)14-6-4-3-5-7-14/h3-10H,2H2,1H3,(H,17,20). The summed E-state index contributed by atoms with van der Waals surface area (Å²) in [6.45, 7) is 1.74. The molecule has 0 spiro atoms. The third kappa shape index (κ3) is 4.97. The van der Waals surface area contributed by atoms with Crippen LogP contribution in [0.3, 0.4) is 0 Å². The van der Waals surface area contributed by atoms with Crippen molar-refractivity contribution in [2.24, 2.45) is 9.63 Å². The van der Waals surface area contributed by atoms with E-state index in [1.54, 1.807) is 43.3 Å². The Hall–Kier alpha value is -2.06. The van der Waals surface area contributed by atoms with Crippen LogP contribution in [-0.2, 0) is 14.8 Å². The molecule has 0 bridgehead atoms. The molecule has 23 heavy (non-hydrogen) atoms. The number of anilines is 1. The molecule has 0 heterocycles. The number of benzene rings is 2. The predicted octanol–water partition coefficient (Wildman–Crippen LogP) is 4.27. The molecule has 0 unspecified atom stereocenters. The summed E-state index contributed by atoms with van der Waals surface area (Å²) < 4.78 is 28.2. The predicted molar refractivity (Wildman–Crippen MR) is 91.2 cm³/mol. The lowest BCUT2D eigenvalue weighted by molar-refractivity contribution is -0.115. The molecule has 120 valence electrons. The van der Waals surface area contributed by atoms with E-state index < -0.39 is 10.0 Å². The molecule has 1 amide bonds. The minimum Gasteiger partial charge on any atom is -0.326 e. The average molecular weight is 396 g/mol. The maximum atomic E-state index is 12.1. The normalized spacial score (nSPS) is 11.6. The molecule has 1 N–H and O–H groups in total. The van der Waals surface area contributed by atoms with Crippen LogP contribution in [0.25, 0.3) is 0 Å². The van der Waals surface area contributed by atoms with E-state index in [-0.39, 0.29) is 10.8 Å². The van der Waals surface area contributed by atoms with Crippen LogP contribution in [0.1, 0.15) is 13.3 Å². The minimum absolute atomic E-state index is 0.0678. The number of amides is 1. The number of carbonyl (C=O) groups is 1. The first-order chi connectivity index (χ1) is 10.9. The van der Waals surface area contributed by atoms with Crippen LogP contribution in [0.15, 0.2) is 67.5 Å². The van der Waals surface area contributed by atoms with Crippen molar-refractivity contribution in [3.63, 3.8) is 0 Å². The number of nitrogens with one attached hydrogen (secondary N) is 1. The lowest BCUT2D eigenvalue weighted by Crippen LogP contribution is -2.09. The zero-order valence-electron chi connectivity index (χ0n) is 12.2. The van der Waals surface area contributed by atoms with Gasteiger partial charge in [-0.25, -0.2) is 0 Å². The van der Waals surface area contributed by atoms with Gasteiger partial charge in [0.05, 0.1) is 10.6 Å². The number of halogens is 1. The molecule has 0 aliphatic heterocycles. The SMILES string of the molecule is CCC(=O)Nc1cc(Br)cc(N=NS(=O)(=O)c2ccccc2)c1. The lowest BCUT2D eigenvalue weighted by atomic mass is 10.3. The van der Waals surface area contributed by atoms with Gasteiger partial charge in [0.1, 0.15) is 0 Å². The molecule has 0 saturated carbocycles. The Morgan fingerprint density at radius 2 is 1.87 bits per heavy atom. The van der Waals surface area contributed by atoms with E-state index in [1.165, 1.54) is 12.1 Å². The van der Waals surface area contributed by atoms with Gasteiger partial charge in [-0.2, -0.15) is 8.42 Å². The molecule has 0 aliphatic rings. The second kappa shape index (κ2) is 7.47. The van der Waals surface area contributed by atoms with Crippen LogP contribution in [0.2, 0.25) is 0 Å². The van der Waals surface area contributed by atoms with Gasteiger partial charge < -0.3 is 5.32 Å². The quantitative estimate of drug-likeness (QED) is 0.766. The zero-order chi connectivity index (χ0) is 16.9. The van der Waals surface area contributed by atoms with Crippen LogP contribution in [0, 0.1) is 0 Å². The molecular formula is C15H14BrN3O3S. The number of carbonyl (C=O) groups excluding carboxylic acids is 1. The summed E-state index contributed by atoms with van der Waals surface area (Å²) in [5.41, 5.74) is 0.822. The molecular weight excluding hydrogens is 382 g/mol. The molecule has 0 saturated heterocycles. The fraction of sp³-hybridized carbons (Fsp3) is 0.133. The first kappa shape index (κ1) is 17.3. The summed E-state index contributed by atoms with van der Waals surface area (Å²) in [5, 5.41) is 6.45. The van der Waals surface area contributed by atoms with Crippen molar-refractivity contribution in [2.45, 2.75) is 18.2 Å². The Balaban J connectivity index is 2.27. The smallest absolute Gasteiger partial charge is 0.299 e. The van der Waals surface area contributed by atoms with Gasteiger partial charge in [-0.15, -0.1) is 5.11 Å². The van der Waals surface area contributed by atoms with Gasteiger partial charge in [-0.05, 0) is 30.3 Å². The summed E-state index contributed by atoms with van der Waals surface area (Å²) in [6.07, 6.45) is 0.339. The molecule has 2 aromatic rings. The second-order valence-electron chi connectivity index (χ2n) is 4.57. The summed E-state index contributed by atoms with van der Waals surface area (Å²) in [5.74, 6) is -0.150. The van der Waals surface area contributed by atoms with E-state index in [0.717, 1.165) is 0 Å². The largest absolute Gasteiger partial charge is 0.326 e. The summed E-state index contributed by atoms with van der Waals surface area (Å²) in [6, 6.07) is 12.7. The molecule has 2 aromatic carbocycles. The van der Waals surface area contributed by atoms with E-state index in [1.807, 2.05) is 0 Å². The van der Waals surface area contributed by atoms with Crippen LogP contribution in [0.4, 0.5) is 11.4 Å². The number of rotatable bonds is 5. The molecule has 0 atom stereocenters. The van der Waals surface area contributed by atoms with Gasteiger partial charge in [0, 0.05) is 16.6 Å². The molecule has 0 fully saturated rings. The fourth-order valence-electron chi connectivity index (χ4n) is 1.69. The number of sulfonamides is 1. The molecule has 6 nitrogen and oxygen atoms in total. The molecule has 0 aromatic heterocycles. The zero-order valence-corrected chi connectivity index (χ0v) is 14.6. The highest BCUT2D eigenvalue weighted by atomic mass is 79.9. The number of hydrogen-bond donors (Lipinski definition) is 1. The molecule has 2 rings (SSSR count). The van der Waals surface area contributed by atoms with Gasteiger partial charge in [0.2, 0.25) is 5.91 Å². The molecule has 0 aliphatic carbocycles. The van der Waals surface area contributed by atoms with Gasteiger partial charge in [-0.3, -0.25) is 4.79 Å². The van der Waals surface area contributed by atoms with Crippen LogP contribution < -0.4 is 5.32 Å². The summed E-state index contributed by atoms with van der Waals surface area (Å²) in [4.78, 5) is 11.5. The van der Waals surface area contributed by atoms with Crippen molar-refractivity contribution in [3.8, 4) is 0 Å². The van der Waals surface area contributed by atoms with E-state index in [4.69, 9.17) is 0 Å². The fourth-order valence-corrected chi connectivity index (χ4v) is 2.97. The highest BCUT2D eigenvalue weighted by Crippen LogP contribution is 2.26. The minimum atomic E-state index is -3.86. The maximum Gasteiger partial charge on any atom is 0.299 e. The van der Waals surface area contributed by atoms with E-state index in [2.05, 4.69) is 30.9 Å². The van der Waals surface area contributed by atoms with Crippen molar-refractivity contribution in [1.29, 1.82) is 0 Å². The van der Waals surface area contributed by atoms with E-state index in [9.17, 15) is 13.2 Å². The summed E-state index contributed by atoms with van der Waals surface area (Å²) in [7, 11) is -3.86. The highest BCUT2D eigenvalue weighted by molar-refractivity contribution is 9.10. The lowest BCUT2D eigenvalue weighted by Gasteiger charge is -2.05. The molecule has 0 radical (unpaired) electrons. The second-order valence-corrected chi connectivity index (χ2v) is 7.07. The van der Waals surface area contributed by atoms with Crippen LogP contribution in [0.5, 0.6) is 0 Å². The van der Waals surface area contributed by atoms with Crippen molar-refractivity contribution in [2.75, 3.05) is 5.32 Å². The number of hydrogen-bond acceptors (Lipinski definition) is 4. The first-order valence-corrected chi connectivity index (χ1v) is 8.97. The highest BCUT2D eigenvalue weighted by Gasteiger charge is 2.12. The van der Waals surface area contributed by atoms with Gasteiger partial charge >= 0.3 is 0 Å². The van der Waals surface area contributed by atoms with Crippen molar-refractivity contribution < 1.29 is 13.2 Å². The monoisotopic (exact) mass is 395 g/mol. The number of nitrogens with zero attached hydrogens (tertiary/aromatic N) is 2. The Labute approximate surface area is 142 Å². The molecule has 8 heteroatoms. The van der Waals surface area contributed by atoms with Crippen molar-refractivity contribution in [1.82, 2.24) is 0 Å². The Morgan fingerprint density at radius 3 is 2.52 bits per heavy atom. The first-order valence-electron chi connectivity index (χ1n) is 6.74. The van der Waals surface area contributed by atoms with E-state index >= 15 is 0 Å².